The highest BCUT2D eigenvalue weighted by Gasteiger charge is 2.43. The van der Waals surface area contributed by atoms with Crippen molar-refractivity contribution in [1.29, 1.82) is 0 Å². The molecule has 29 heavy (non-hydrogen) atoms. The largest absolute Gasteiger partial charge is 0.586 e. The molecule has 0 saturated heterocycles. The highest BCUT2D eigenvalue weighted by atomic mass is 32.1. The summed E-state index contributed by atoms with van der Waals surface area (Å²) in [7, 11) is 0. The Morgan fingerprint density at radius 1 is 1.17 bits per heavy atom. The van der Waals surface area contributed by atoms with Gasteiger partial charge >= 0.3 is 6.29 Å². The molecule has 2 heterocycles. The SMILES string of the molecule is CCc1cc(-c2cc3c(cc2C)OC(F)(F)O3)ccc1NC(=O)c1ncsc1C. The van der Waals surface area contributed by atoms with Gasteiger partial charge in [-0.3, -0.25) is 4.79 Å². The van der Waals surface area contributed by atoms with Crippen molar-refractivity contribution < 1.29 is 23.0 Å². The molecule has 8 heteroatoms. The van der Waals surface area contributed by atoms with Crippen LogP contribution in [0.5, 0.6) is 11.5 Å². The van der Waals surface area contributed by atoms with Crippen LogP contribution in [0.25, 0.3) is 11.1 Å². The molecule has 0 atom stereocenters. The summed E-state index contributed by atoms with van der Waals surface area (Å²) in [6.45, 7) is 5.65. The Kier molecular flexibility index (Phi) is 4.74. The molecule has 1 N–H and O–H groups in total. The summed E-state index contributed by atoms with van der Waals surface area (Å²) in [6.07, 6.45) is -2.97. The summed E-state index contributed by atoms with van der Waals surface area (Å²) in [5, 5.41) is 2.91. The van der Waals surface area contributed by atoms with E-state index in [1.807, 2.05) is 39.0 Å². The highest BCUT2D eigenvalue weighted by molar-refractivity contribution is 7.09. The predicted octanol–water partition coefficient (Wildman–Crippen LogP) is 5.56. The van der Waals surface area contributed by atoms with Crippen LogP contribution in [0.4, 0.5) is 14.5 Å². The number of aryl methyl sites for hydroxylation is 3. The van der Waals surface area contributed by atoms with E-state index in [4.69, 9.17) is 0 Å². The second-order valence-corrected chi connectivity index (χ2v) is 7.78. The van der Waals surface area contributed by atoms with Gasteiger partial charge in [0.1, 0.15) is 5.69 Å². The topological polar surface area (TPSA) is 60.5 Å². The molecule has 1 aliphatic rings. The van der Waals surface area contributed by atoms with E-state index in [-0.39, 0.29) is 17.4 Å². The minimum atomic E-state index is -3.65. The first kappa shape index (κ1) is 19.3. The quantitative estimate of drug-likeness (QED) is 0.605. The van der Waals surface area contributed by atoms with Gasteiger partial charge in [0, 0.05) is 10.6 Å². The van der Waals surface area contributed by atoms with Crippen molar-refractivity contribution >= 4 is 22.9 Å². The molecule has 5 nitrogen and oxygen atoms in total. The Hall–Kier alpha value is -3.00. The average Bonchev–Trinajstić information content (AvgIpc) is 3.22. The normalized spacial score (nSPS) is 14.1. The zero-order valence-electron chi connectivity index (χ0n) is 16.0. The Labute approximate surface area is 170 Å². The number of carbonyl (C=O) groups is 1. The van der Waals surface area contributed by atoms with Gasteiger partial charge in [0.05, 0.1) is 5.51 Å². The third-order valence-electron chi connectivity index (χ3n) is 4.75. The molecule has 1 amide bonds. The molecule has 2 aromatic carbocycles. The van der Waals surface area contributed by atoms with Gasteiger partial charge in [-0.25, -0.2) is 4.98 Å². The Morgan fingerprint density at radius 3 is 2.55 bits per heavy atom. The molecule has 0 spiro atoms. The fourth-order valence-electron chi connectivity index (χ4n) is 3.29. The number of hydrogen-bond acceptors (Lipinski definition) is 5. The number of amides is 1. The Bertz CT molecular complexity index is 1110. The maximum atomic E-state index is 13.4. The molecular weight excluding hydrogens is 398 g/mol. The van der Waals surface area contributed by atoms with Crippen molar-refractivity contribution in [3.63, 3.8) is 0 Å². The van der Waals surface area contributed by atoms with Gasteiger partial charge in [0.25, 0.3) is 5.91 Å². The Morgan fingerprint density at radius 2 is 1.90 bits per heavy atom. The smallest absolute Gasteiger partial charge is 0.395 e. The number of alkyl halides is 2. The third-order valence-corrected chi connectivity index (χ3v) is 5.51. The van der Waals surface area contributed by atoms with Gasteiger partial charge in [-0.1, -0.05) is 13.0 Å². The standard InChI is InChI=1S/C21H18F2N2O3S/c1-4-13-8-14(5-6-16(13)25-20(26)19-12(3)29-10-24-19)15-9-18-17(7-11(15)2)27-21(22,23)28-18/h5-10H,4H2,1-3H3,(H,25,26). The van der Waals surface area contributed by atoms with E-state index < -0.39 is 6.29 Å². The van der Waals surface area contributed by atoms with E-state index in [0.29, 0.717) is 17.8 Å². The Balaban J connectivity index is 1.66. The summed E-state index contributed by atoms with van der Waals surface area (Å²) < 4.78 is 35.8. The van der Waals surface area contributed by atoms with Crippen LogP contribution in [0.3, 0.4) is 0 Å². The van der Waals surface area contributed by atoms with Gasteiger partial charge in [0.2, 0.25) is 0 Å². The fraction of sp³-hybridized carbons (Fsp3) is 0.238. The van der Waals surface area contributed by atoms with Crippen molar-refractivity contribution in [2.45, 2.75) is 33.5 Å². The molecule has 3 aromatic rings. The lowest BCUT2D eigenvalue weighted by Gasteiger charge is -2.13. The molecule has 1 aliphatic heterocycles. The van der Waals surface area contributed by atoms with Crippen molar-refractivity contribution in [2.75, 3.05) is 5.32 Å². The summed E-state index contributed by atoms with van der Waals surface area (Å²) >= 11 is 1.42. The first-order valence-corrected chi connectivity index (χ1v) is 9.90. The van der Waals surface area contributed by atoms with Crippen molar-refractivity contribution in [3.05, 3.63) is 57.5 Å². The van der Waals surface area contributed by atoms with E-state index in [2.05, 4.69) is 19.8 Å². The first-order valence-electron chi connectivity index (χ1n) is 9.02. The average molecular weight is 416 g/mol. The molecule has 0 aliphatic carbocycles. The second kappa shape index (κ2) is 7.11. The second-order valence-electron chi connectivity index (χ2n) is 6.72. The molecule has 0 unspecified atom stereocenters. The van der Waals surface area contributed by atoms with Crippen LogP contribution >= 0.6 is 11.3 Å². The number of rotatable bonds is 4. The van der Waals surface area contributed by atoms with E-state index >= 15 is 0 Å². The van der Waals surface area contributed by atoms with Crippen molar-refractivity contribution in [2.24, 2.45) is 0 Å². The number of nitrogens with zero attached hydrogens (tertiary/aromatic N) is 1. The van der Waals surface area contributed by atoms with Gasteiger partial charge in [0.15, 0.2) is 11.5 Å². The van der Waals surface area contributed by atoms with Crippen LogP contribution in [0.1, 0.15) is 33.4 Å². The number of ether oxygens (including phenoxy) is 2. The minimum Gasteiger partial charge on any atom is -0.395 e. The van der Waals surface area contributed by atoms with Crippen LogP contribution in [0.2, 0.25) is 0 Å². The number of hydrogen-bond donors (Lipinski definition) is 1. The van der Waals surface area contributed by atoms with Gasteiger partial charge in [-0.05, 0) is 66.8 Å². The lowest BCUT2D eigenvalue weighted by atomic mass is 9.96. The number of halogens is 2. The first-order chi connectivity index (χ1) is 13.8. The monoisotopic (exact) mass is 416 g/mol. The van der Waals surface area contributed by atoms with Crippen molar-refractivity contribution in [1.82, 2.24) is 4.98 Å². The van der Waals surface area contributed by atoms with Gasteiger partial charge < -0.3 is 14.8 Å². The predicted molar refractivity (Wildman–Crippen MR) is 107 cm³/mol. The molecule has 0 bridgehead atoms. The van der Waals surface area contributed by atoms with E-state index in [1.165, 1.54) is 17.4 Å². The molecule has 1 aromatic heterocycles. The lowest BCUT2D eigenvalue weighted by Crippen LogP contribution is -2.25. The van der Waals surface area contributed by atoms with Crippen LogP contribution in [0, 0.1) is 13.8 Å². The molecular formula is C21H18F2N2O3S. The summed E-state index contributed by atoms with van der Waals surface area (Å²) in [4.78, 5) is 17.5. The van der Waals surface area contributed by atoms with Crippen LogP contribution in [0.15, 0.2) is 35.8 Å². The molecule has 0 radical (unpaired) electrons. The zero-order chi connectivity index (χ0) is 20.8. The zero-order valence-corrected chi connectivity index (χ0v) is 16.8. The molecule has 4 rings (SSSR count). The van der Waals surface area contributed by atoms with Crippen LogP contribution in [-0.4, -0.2) is 17.2 Å². The summed E-state index contributed by atoms with van der Waals surface area (Å²) in [6, 6.07) is 8.68. The summed E-state index contributed by atoms with van der Waals surface area (Å²) in [5.74, 6) is -0.229. The van der Waals surface area contributed by atoms with Crippen LogP contribution < -0.4 is 14.8 Å². The number of fused-ring (bicyclic) bond motifs is 1. The summed E-state index contributed by atoms with van der Waals surface area (Å²) in [5.41, 5.74) is 6.04. The maximum Gasteiger partial charge on any atom is 0.586 e. The molecule has 150 valence electrons. The number of anilines is 1. The van der Waals surface area contributed by atoms with E-state index in [1.54, 1.807) is 11.6 Å². The lowest BCUT2D eigenvalue weighted by molar-refractivity contribution is -0.286. The number of aromatic nitrogens is 1. The van der Waals surface area contributed by atoms with E-state index in [0.717, 1.165) is 27.1 Å². The van der Waals surface area contributed by atoms with Gasteiger partial charge in [-0.15, -0.1) is 20.1 Å². The third kappa shape index (κ3) is 3.67. The van der Waals surface area contributed by atoms with Crippen molar-refractivity contribution in [3.8, 4) is 22.6 Å². The van der Waals surface area contributed by atoms with Crippen LogP contribution in [-0.2, 0) is 6.42 Å². The number of carbonyl (C=O) groups excluding carboxylic acids is 1. The van der Waals surface area contributed by atoms with E-state index in [9.17, 15) is 13.6 Å². The molecule has 0 fully saturated rings. The number of thiazole rings is 1. The highest BCUT2D eigenvalue weighted by Crippen LogP contribution is 2.44. The number of nitrogens with one attached hydrogen (secondary N) is 1. The fourth-order valence-corrected chi connectivity index (χ4v) is 3.86. The van der Waals surface area contributed by atoms with Gasteiger partial charge in [-0.2, -0.15) is 0 Å². The minimum absolute atomic E-state index is 0.00466. The molecule has 0 saturated carbocycles. The maximum absolute atomic E-state index is 13.4. The number of benzene rings is 2.